The first-order valence-corrected chi connectivity index (χ1v) is 9.39. The first-order valence-electron chi connectivity index (χ1n) is 9.39. The Kier molecular flexibility index (Phi) is 5.23. The van der Waals surface area contributed by atoms with Gasteiger partial charge in [-0.25, -0.2) is 0 Å². The van der Waals surface area contributed by atoms with Crippen molar-refractivity contribution in [2.24, 2.45) is 0 Å². The quantitative estimate of drug-likeness (QED) is 0.357. The number of ether oxygens (including phenoxy) is 1. The molecule has 0 saturated carbocycles. The van der Waals surface area contributed by atoms with E-state index < -0.39 is 11.6 Å². The molecule has 0 heterocycles. The maximum atomic E-state index is 13.2. The van der Waals surface area contributed by atoms with E-state index in [0.717, 1.165) is 11.1 Å². The van der Waals surface area contributed by atoms with Crippen LogP contribution in [-0.2, 0) is 5.79 Å². The lowest BCUT2D eigenvalue weighted by molar-refractivity contribution is -0.106. The minimum Gasteiger partial charge on any atom is -0.451 e. The summed E-state index contributed by atoms with van der Waals surface area (Å²) in [7, 11) is 0. The summed E-state index contributed by atoms with van der Waals surface area (Å²) in [6.07, 6.45) is 0. The number of carbonyl (C=O) groups excluding carboxylic acids is 1. The molecule has 3 heteroatoms. The molecule has 0 saturated heterocycles. The van der Waals surface area contributed by atoms with Crippen molar-refractivity contribution >= 4 is 5.78 Å². The number of carbonyl (C=O) groups is 1. The van der Waals surface area contributed by atoms with Crippen molar-refractivity contribution in [2.75, 3.05) is 0 Å². The zero-order chi connectivity index (χ0) is 20.1. The molecule has 0 spiro atoms. The summed E-state index contributed by atoms with van der Waals surface area (Å²) in [5, 5.41) is 11.4. The van der Waals surface area contributed by atoms with E-state index in [1.54, 1.807) is 60.7 Å². The van der Waals surface area contributed by atoms with Crippen molar-refractivity contribution < 1.29 is 14.6 Å². The van der Waals surface area contributed by atoms with Gasteiger partial charge in [0.15, 0.2) is 0 Å². The highest BCUT2D eigenvalue weighted by molar-refractivity contribution is 6.02. The number of ketones is 1. The van der Waals surface area contributed by atoms with Crippen molar-refractivity contribution in [1.29, 1.82) is 0 Å². The van der Waals surface area contributed by atoms with Crippen LogP contribution < -0.4 is 4.74 Å². The Labute approximate surface area is 169 Å². The van der Waals surface area contributed by atoms with Crippen LogP contribution in [0.1, 0.15) is 15.9 Å². The smallest absolute Gasteiger partial charge is 0.299 e. The molecule has 0 bridgehead atoms. The molecular formula is C26H20O3. The van der Waals surface area contributed by atoms with Gasteiger partial charge in [-0.05, 0) is 23.3 Å². The zero-order valence-corrected chi connectivity index (χ0v) is 15.7. The van der Waals surface area contributed by atoms with Gasteiger partial charge in [0.1, 0.15) is 5.75 Å². The van der Waals surface area contributed by atoms with Crippen LogP contribution in [0.25, 0.3) is 11.1 Å². The number of hydrogen-bond acceptors (Lipinski definition) is 3. The molecule has 142 valence electrons. The number of Topliss-reactive ketones (excluding diaryl/α,β-unsaturated/α-hetero) is 1. The molecule has 29 heavy (non-hydrogen) atoms. The Morgan fingerprint density at radius 1 is 0.621 bits per heavy atom. The van der Waals surface area contributed by atoms with Crippen molar-refractivity contribution in [3.8, 4) is 16.9 Å². The van der Waals surface area contributed by atoms with E-state index in [2.05, 4.69) is 0 Å². The van der Waals surface area contributed by atoms with Crippen LogP contribution in [0.2, 0.25) is 0 Å². The van der Waals surface area contributed by atoms with Gasteiger partial charge in [-0.3, -0.25) is 4.79 Å². The monoisotopic (exact) mass is 380 g/mol. The molecule has 4 aromatic rings. The molecule has 1 atom stereocenters. The van der Waals surface area contributed by atoms with Crippen LogP contribution in [0.5, 0.6) is 5.75 Å². The Morgan fingerprint density at radius 3 is 1.69 bits per heavy atom. The summed E-state index contributed by atoms with van der Waals surface area (Å²) in [4.78, 5) is 13.2. The largest absolute Gasteiger partial charge is 0.451 e. The van der Waals surface area contributed by atoms with Crippen LogP contribution in [0, 0.1) is 0 Å². The van der Waals surface area contributed by atoms with E-state index in [-0.39, 0.29) is 0 Å². The van der Waals surface area contributed by atoms with Crippen LogP contribution >= 0.6 is 0 Å². The summed E-state index contributed by atoms with van der Waals surface area (Å²) >= 11 is 0. The normalized spacial score (nSPS) is 12.7. The van der Waals surface area contributed by atoms with Gasteiger partial charge in [0.25, 0.3) is 5.79 Å². The Morgan fingerprint density at radius 2 is 1.10 bits per heavy atom. The lowest BCUT2D eigenvalue weighted by Gasteiger charge is -2.28. The molecule has 0 aliphatic heterocycles. The average Bonchev–Trinajstić information content (AvgIpc) is 2.81. The van der Waals surface area contributed by atoms with E-state index in [0.29, 0.717) is 16.9 Å². The van der Waals surface area contributed by atoms with Crippen LogP contribution in [0.4, 0.5) is 0 Å². The molecule has 0 amide bonds. The molecule has 0 aliphatic carbocycles. The van der Waals surface area contributed by atoms with E-state index >= 15 is 0 Å². The summed E-state index contributed by atoms with van der Waals surface area (Å²) in [6.45, 7) is 0. The fourth-order valence-corrected chi connectivity index (χ4v) is 3.20. The molecular weight excluding hydrogens is 360 g/mol. The first-order chi connectivity index (χ1) is 14.2. The minimum absolute atomic E-state index is 0.375. The Bertz CT molecular complexity index is 1080. The highest BCUT2D eigenvalue weighted by atomic mass is 16.6. The first kappa shape index (κ1) is 18.7. The molecule has 3 nitrogen and oxygen atoms in total. The predicted octanol–water partition coefficient (Wildman–Crippen LogP) is 5.46. The van der Waals surface area contributed by atoms with Gasteiger partial charge in [0, 0.05) is 11.1 Å². The highest BCUT2D eigenvalue weighted by Crippen LogP contribution is 2.31. The summed E-state index contributed by atoms with van der Waals surface area (Å²) < 4.78 is 5.90. The molecule has 4 rings (SSSR count). The van der Waals surface area contributed by atoms with E-state index in [4.69, 9.17) is 4.74 Å². The Balaban J connectivity index is 1.68. The highest BCUT2D eigenvalue weighted by Gasteiger charge is 2.41. The predicted molar refractivity (Wildman–Crippen MR) is 114 cm³/mol. The average molecular weight is 380 g/mol. The van der Waals surface area contributed by atoms with Gasteiger partial charge in [0.2, 0.25) is 5.78 Å². The van der Waals surface area contributed by atoms with E-state index in [1.807, 2.05) is 54.6 Å². The van der Waals surface area contributed by atoms with Crippen LogP contribution in [0.3, 0.4) is 0 Å². The molecule has 4 aromatic carbocycles. The SMILES string of the molecule is O=C(c1ccccc1)C(O)(Oc1ccc(-c2ccccc2)cc1)c1ccccc1. The van der Waals surface area contributed by atoms with Gasteiger partial charge in [-0.2, -0.15) is 0 Å². The van der Waals surface area contributed by atoms with E-state index in [1.165, 1.54) is 0 Å². The van der Waals surface area contributed by atoms with Gasteiger partial charge in [-0.15, -0.1) is 0 Å². The number of rotatable bonds is 6. The van der Waals surface area contributed by atoms with Crippen molar-refractivity contribution in [3.05, 3.63) is 126 Å². The second-order valence-electron chi connectivity index (χ2n) is 6.70. The number of benzene rings is 4. The number of aliphatic hydroxyl groups is 1. The molecule has 0 fully saturated rings. The number of hydrogen-bond donors (Lipinski definition) is 1. The van der Waals surface area contributed by atoms with Crippen molar-refractivity contribution in [2.45, 2.75) is 5.79 Å². The topological polar surface area (TPSA) is 46.5 Å². The molecule has 0 aliphatic rings. The summed E-state index contributed by atoms with van der Waals surface area (Å²) in [5.41, 5.74) is 2.86. The van der Waals surface area contributed by atoms with Crippen LogP contribution in [-0.4, -0.2) is 10.9 Å². The third-order valence-electron chi connectivity index (χ3n) is 4.74. The maximum Gasteiger partial charge on any atom is 0.299 e. The van der Waals surface area contributed by atoms with Gasteiger partial charge >= 0.3 is 0 Å². The fourth-order valence-electron chi connectivity index (χ4n) is 3.20. The van der Waals surface area contributed by atoms with Crippen molar-refractivity contribution in [1.82, 2.24) is 0 Å². The Hall–Kier alpha value is -3.69. The third-order valence-corrected chi connectivity index (χ3v) is 4.74. The molecule has 1 unspecified atom stereocenters. The molecule has 0 aromatic heterocycles. The molecule has 0 radical (unpaired) electrons. The lowest BCUT2D eigenvalue weighted by atomic mass is 9.96. The summed E-state index contributed by atoms with van der Waals surface area (Å²) in [6, 6.07) is 34.7. The fraction of sp³-hybridized carbons (Fsp3) is 0.0385. The second kappa shape index (κ2) is 8.13. The minimum atomic E-state index is -2.13. The molecule has 1 N–H and O–H groups in total. The lowest BCUT2D eigenvalue weighted by Crippen LogP contribution is -2.41. The van der Waals surface area contributed by atoms with Crippen LogP contribution in [0.15, 0.2) is 115 Å². The summed E-state index contributed by atoms with van der Waals surface area (Å²) in [5.74, 6) is -2.24. The van der Waals surface area contributed by atoms with Crippen molar-refractivity contribution in [3.63, 3.8) is 0 Å². The van der Waals surface area contributed by atoms with Gasteiger partial charge in [0.05, 0.1) is 0 Å². The third kappa shape index (κ3) is 3.96. The van der Waals surface area contributed by atoms with E-state index in [9.17, 15) is 9.90 Å². The van der Waals surface area contributed by atoms with Gasteiger partial charge < -0.3 is 9.84 Å². The maximum absolute atomic E-state index is 13.2. The second-order valence-corrected chi connectivity index (χ2v) is 6.70. The van der Waals surface area contributed by atoms with Gasteiger partial charge in [-0.1, -0.05) is 103 Å². The standard InChI is InChI=1S/C26H20O3/c27-25(22-12-6-2-7-13-22)26(28,23-14-8-3-9-15-23)29-24-18-16-21(17-19-24)20-10-4-1-5-11-20/h1-19,28H. The zero-order valence-electron chi connectivity index (χ0n) is 15.7.